The van der Waals surface area contributed by atoms with E-state index in [4.69, 9.17) is 9.84 Å². The number of aliphatic carboxylic acids is 1. The van der Waals surface area contributed by atoms with Gasteiger partial charge in [-0.2, -0.15) is 0 Å². The average molecular weight is 268 g/mol. The van der Waals surface area contributed by atoms with Crippen molar-refractivity contribution in [3.8, 4) is 5.75 Å². The molecule has 1 N–H and O–H groups in total. The van der Waals surface area contributed by atoms with E-state index in [1.165, 1.54) is 11.6 Å². The molecule has 0 spiro atoms. The molecule has 2 rings (SSSR count). The third kappa shape index (κ3) is 3.99. The lowest BCUT2D eigenvalue weighted by Crippen LogP contribution is -1.97. The number of ether oxygens (including phenoxy) is 1. The van der Waals surface area contributed by atoms with Crippen LogP contribution in [0.1, 0.15) is 16.7 Å². The van der Waals surface area contributed by atoms with Gasteiger partial charge in [0.2, 0.25) is 0 Å². The summed E-state index contributed by atoms with van der Waals surface area (Å²) >= 11 is 0. The van der Waals surface area contributed by atoms with Crippen LogP contribution >= 0.6 is 0 Å². The molecule has 0 unspecified atom stereocenters. The van der Waals surface area contributed by atoms with Crippen molar-refractivity contribution in [2.24, 2.45) is 0 Å². The number of carbonyl (C=O) groups is 1. The van der Waals surface area contributed by atoms with Gasteiger partial charge in [0, 0.05) is 11.6 Å². The van der Waals surface area contributed by atoms with Gasteiger partial charge < -0.3 is 9.84 Å². The Bertz CT molecular complexity index is 612. The van der Waals surface area contributed by atoms with Gasteiger partial charge in [-0.25, -0.2) is 4.79 Å². The second-order valence-electron chi connectivity index (χ2n) is 4.48. The van der Waals surface area contributed by atoms with Gasteiger partial charge in [-0.05, 0) is 24.6 Å². The normalized spacial score (nSPS) is 10.7. The van der Waals surface area contributed by atoms with Crippen molar-refractivity contribution in [2.45, 2.75) is 13.5 Å². The van der Waals surface area contributed by atoms with Crippen molar-refractivity contribution >= 4 is 12.0 Å². The second-order valence-corrected chi connectivity index (χ2v) is 4.48. The fraction of sp³-hybridized carbons (Fsp3) is 0.118. The molecule has 0 saturated carbocycles. The smallest absolute Gasteiger partial charge is 0.328 e. The Morgan fingerprint density at radius 1 is 1.15 bits per heavy atom. The maximum atomic E-state index is 10.6. The fourth-order valence-electron chi connectivity index (χ4n) is 1.76. The standard InChI is InChI=1S/C17H16O3/c1-13-6-8-14(9-7-13)12-20-16-5-3-2-4-15(16)10-11-17(18)19/h2-11H,12H2,1H3,(H,18,19). The SMILES string of the molecule is Cc1ccc(COc2ccccc2C=CC(=O)O)cc1. The highest BCUT2D eigenvalue weighted by atomic mass is 16.5. The summed E-state index contributed by atoms with van der Waals surface area (Å²) in [5.74, 6) is -0.302. The lowest BCUT2D eigenvalue weighted by atomic mass is 10.1. The van der Waals surface area contributed by atoms with Gasteiger partial charge in [0.05, 0.1) is 0 Å². The van der Waals surface area contributed by atoms with E-state index in [1.807, 2.05) is 55.5 Å². The second kappa shape index (κ2) is 6.57. The molecule has 102 valence electrons. The maximum Gasteiger partial charge on any atom is 0.328 e. The minimum absolute atomic E-state index is 0.457. The average Bonchev–Trinajstić information content (AvgIpc) is 2.45. The largest absolute Gasteiger partial charge is 0.488 e. The van der Waals surface area contributed by atoms with Gasteiger partial charge in [-0.1, -0.05) is 48.0 Å². The predicted molar refractivity (Wildman–Crippen MR) is 78.6 cm³/mol. The van der Waals surface area contributed by atoms with Gasteiger partial charge in [0.25, 0.3) is 0 Å². The van der Waals surface area contributed by atoms with Crippen molar-refractivity contribution in [1.29, 1.82) is 0 Å². The number of aryl methyl sites for hydroxylation is 1. The molecule has 0 atom stereocenters. The minimum Gasteiger partial charge on any atom is -0.488 e. The molecule has 0 heterocycles. The predicted octanol–water partition coefficient (Wildman–Crippen LogP) is 3.67. The van der Waals surface area contributed by atoms with Crippen molar-refractivity contribution in [3.05, 3.63) is 71.3 Å². The quantitative estimate of drug-likeness (QED) is 0.841. The number of carboxylic acid groups (broad SMARTS) is 1. The third-order valence-corrected chi connectivity index (χ3v) is 2.84. The Kier molecular flexibility index (Phi) is 4.56. The molecule has 2 aromatic rings. The molecule has 0 aliphatic heterocycles. The van der Waals surface area contributed by atoms with Crippen LogP contribution in [0.5, 0.6) is 5.75 Å². The number of para-hydroxylation sites is 1. The summed E-state index contributed by atoms with van der Waals surface area (Å²) in [5.41, 5.74) is 3.04. The van der Waals surface area contributed by atoms with Crippen LogP contribution in [-0.4, -0.2) is 11.1 Å². The van der Waals surface area contributed by atoms with Gasteiger partial charge in [-0.15, -0.1) is 0 Å². The lowest BCUT2D eigenvalue weighted by Gasteiger charge is -2.09. The summed E-state index contributed by atoms with van der Waals surface area (Å²) in [6.45, 7) is 2.49. The number of hydrogen-bond acceptors (Lipinski definition) is 2. The molecular formula is C17H16O3. The van der Waals surface area contributed by atoms with E-state index >= 15 is 0 Å². The lowest BCUT2D eigenvalue weighted by molar-refractivity contribution is -0.131. The monoisotopic (exact) mass is 268 g/mol. The molecule has 2 aromatic carbocycles. The molecule has 20 heavy (non-hydrogen) atoms. The highest BCUT2D eigenvalue weighted by Gasteiger charge is 2.01. The summed E-state index contributed by atoms with van der Waals surface area (Å²) in [6, 6.07) is 15.5. The van der Waals surface area contributed by atoms with E-state index in [2.05, 4.69) is 0 Å². The third-order valence-electron chi connectivity index (χ3n) is 2.84. The van der Waals surface area contributed by atoms with Gasteiger partial charge in [0.15, 0.2) is 0 Å². The van der Waals surface area contributed by atoms with Gasteiger partial charge in [0.1, 0.15) is 12.4 Å². The van der Waals surface area contributed by atoms with E-state index in [0.717, 1.165) is 17.2 Å². The first-order valence-electron chi connectivity index (χ1n) is 6.33. The topological polar surface area (TPSA) is 46.5 Å². The molecule has 0 aliphatic rings. The summed E-state index contributed by atoms with van der Waals surface area (Å²) < 4.78 is 5.75. The van der Waals surface area contributed by atoms with Crippen LogP contribution in [-0.2, 0) is 11.4 Å². The van der Waals surface area contributed by atoms with Crippen LogP contribution in [0.4, 0.5) is 0 Å². The van der Waals surface area contributed by atoms with Crippen molar-refractivity contribution in [2.75, 3.05) is 0 Å². The highest BCUT2D eigenvalue weighted by Crippen LogP contribution is 2.20. The van der Waals surface area contributed by atoms with Crippen LogP contribution in [0.3, 0.4) is 0 Å². The molecule has 0 saturated heterocycles. The Morgan fingerprint density at radius 3 is 2.55 bits per heavy atom. The van der Waals surface area contributed by atoms with Crippen LogP contribution in [0.15, 0.2) is 54.6 Å². The first-order valence-corrected chi connectivity index (χ1v) is 6.33. The molecule has 3 heteroatoms. The molecule has 0 radical (unpaired) electrons. The zero-order valence-electron chi connectivity index (χ0n) is 11.2. The zero-order chi connectivity index (χ0) is 14.4. The summed E-state index contributed by atoms with van der Waals surface area (Å²) in [5, 5.41) is 8.67. The first kappa shape index (κ1) is 13.9. The molecule has 0 amide bonds. The molecule has 0 bridgehead atoms. The number of rotatable bonds is 5. The van der Waals surface area contributed by atoms with E-state index in [-0.39, 0.29) is 0 Å². The van der Waals surface area contributed by atoms with E-state index in [0.29, 0.717) is 12.4 Å². The van der Waals surface area contributed by atoms with Crippen LogP contribution in [0.25, 0.3) is 6.08 Å². The first-order chi connectivity index (χ1) is 9.65. The Labute approximate surface area is 118 Å². The van der Waals surface area contributed by atoms with Crippen molar-refractivity contribution in [3.63, 3.8) is 0 Å². The zero-order valence-corrected chi connectivity index (χ0v) is 11.2. The van der Waals surface area contributed by atoms with Gasteiger partial charge in [-0.3, -0.25) is 0 Å². The van der Waals surface area contributed by atoms with Crippen molar-refractivity contribution < 1.29 is 14.6 Å². The van der Waals surface area contributed by atoms with Crippen LogP contribution < -0.4 is 4.74 Å². The minimum atomic E-state index is -0.974. The Balaban J connectivity index is 2.09. The highest BCUT2D eigenvalue weighted by molar-refractivity contribution is 5.85. The number of benzene rings is 2. The van der Waals surface area contributed by atoms with Crippen molar-refractivity contribution in [1.82, 2.24) is 0 Å². The molecule has 0 fully saturated rings. The van der Waals surface area contributed by atoms with Crippen LogP contribution in [0, 0.1) is 6.92 Å². The summed E-state index contributed by atoms with van der Waals surface area (Å²) in [7, 11) is 0. The van der Waals surface area contributed by atoms with E-state index < -0.39 is 5.97 Å². The van der Waals surface area contributed by atoms with E-state index in [1.54, 1.807) is 0 Å². The molecule has 3 nitrogen and oxygen atoms in total. The molecule has 0 aliphatic carbocycles. The fourth-order valence-corrected chi connectivity index (χ4v) is 1.76. The number of hydrogen-bond donors (Lipinski definition) is 1. The van der Waals surface area contributed by atoms with Gasteiger partial charge >= 0.3 is 5.97 Å². The molecule has 0 aromatic heterocycles. The molecular weight excluding hydrogens is 252 g/mol. The van der Waals surface area contributed by atoms with E-state index in [9.17, 15) is 4.79 Å². The Hall–Kier alpha value is -2.55. The maximum absolute atomic E-state index is 10.6. The summed E-state index contributed by atoms with van der Waals surface area (Å²) in [6.07, 6.45) is 2.64. The number of carboxylic acids is 1. The summed E-state index contributed by atoms with van der Waals surface area (Å²) in [4.78, 5) is 10.6. The van der Waals surface area contributed by atoms with Crippen LogP contribution in [0.2, 0.25) is 0 Å². The Morgan fingerprint density at radius 2 is 1.85 bits per heavy atom.